The number of aliphatic hydroxyl groups excluding tert-OH is 1. The number of carboxylic acid groups (broad SMARTS) is 2. The molecule has 13 heteroatoms. The lowest BCUT2D eigenvalue weighted by Gasteiger charge is -2.17. The van der Waals surface area contributed by atoms with Gasteiger partial charge >= 0.3 is 11.9 Å². The maximum Gasteiger partial charge on any atom is 0.354 e. The Hall–Kier alpha value is -2.68. The van der Waals surface area contributed by atoms with Gasteiger partial charge in [0.15, 0.2) is 17.3 Å². The van der Waals surface area contributed by atoms with Crippen LogP contribution in [0.2, 0.25) is 0 Å². The highest BCUT2D eigenvalue weighted by Gasteiger charge is 2.33. The molecule has 3 N–H and O–H groups in total. The van der Waals surface area contributed by atoms with Crippen molar-refractivity contribution < 1.29 is 48.6 Å². The normalized spacial score (nSPS) is 21.1. The van der Waals surface area contributed by atoms with E-state index in [0.29, 0.717) is 17.8 Å². The Balaban J connectivity index is 0.000000214. The number of carboxylic acids is 2. The second-order valence-corrected chi connectivity index (χ2v) is 9.52. The summed E-state index contributed by atoms with van der Waals surface area (Å²) < 4.78 is 27.3. The molecule has 2 aliphatic rings. The van der Waals surface area contributed by atoms with Crippen molar-refractivity contribution in [2.45, 2.75) is 51.5 Å². The summed E-state index contributed by atoms with van der Waals surface area (Å²) in [6.45, 7) is 8.61. The molecule has 2 atom stereocenters. The maximum atomic E-state index is 10.7. The average Bonchev–Trinajstić information content (AvgIpc) is 3.38. The number of carbonyl (C=O) groups is 2. The molecule has 4 heterocycles. The van der Waals surface area contributed by atoms with Crippen LogP contribution in [-0.2, 0) is 18.9 Å². The molecule has 0 bridgehead atoms. The molecule has 0 spiro atoms. The van der Waals surface area contributed by atoms with Gasteiger partial charge in [-0.1, -0.05) is 12.1 Å². The van der Waals surface area contributed by atoms with E-state index in [1.54, 1.807) is 24.3 Å². The molecule has 12 nitrogen and oxygen atoms in total. The third-order valence-corrected chi connectivity index (χ3v) is 5.07. The van der Waals surface area contributed by atoms with E-state index < -0.39 is 23.5 Å². The van der Waals surface area contributed by atoms with Crippen LogP contribution < -0.4 is 4.74 Å². The quantitative estimate of drug-likeness (QED) is 0.424. The van der Waals surface area contributed by atoms with Crippen LogP contribution in [0.15, 0.2) is 41.0 Å². The maximum absolute atomic E-state index is 10.7. The second-order valence-electron chi connectivity index (χ2n) is 8.71. The summed E-state index contributed by atoms with van der Waals surface area (Å²) in [5.41, 5.74) is 0.00537. The SMILES string of the molecule is CC1(C)OCC(CO)O1.CC1(C)OCC(COc2cccc(C(=O)O)n2)O1.O=C(O)c1cccc(Br)n1. The lowest BCUT2D eigenvalue weighted by atomic mass is 10.3. The van der Waals surface area contributed by atoms with Crippen LogP contribution in [0, 0.1) is 0 Å². The predicted octanol–water partition coefficient (Wildman–Crippen LogP) is 2.98. The number of nitrogens with zero attached hydrogens (tertiary/aromatic N) is 2. The van der Waals surface area contributed by atoms with E-state index in [4.69, 9.17) is 39.0 Å². The van der Waals surface area contributed by atoms with E-state index in [1.807, 2.05) is 27.7 Å². The molecular formula is C24H31BrN2O10. The zero-order valence-electron chi connectivity index (χ0n) is 20.9. The van der Waals surface area contributed by atoms with Crippen molar-refractivity contribution in [2.24, 2.45) is 0 Å². The third kappa shape index (κ3) is 11.1. The van der Waals surface area contributed by atoms with Gasteiger partial charge in [0.1, 0.15) is 29.1 Å². The number of pyridine rings is 2. The summed E-state index contributed by atoms with van der Waals surface area (Å²) in [6, 6.07) is 9.34. The van der Waals surface area contributed by atoms with E-state index >= 15 is 0 Å². The summed E-state index contributed by atoms with van der Waals surface area (Å²) >= 11 is 3.06. The highest BCUT2D eigenvalue weighted by Crippen LogP contribution is 2.23. The Bertz CT molecular complexity index is 1050. The Morgan fingerprint density at radius 1 is 0.919 bits per heavy atom. The largest absolute Gasteiger partial charge is 0.477 e. The van der Waals surface area contributed by atoms with E-state index in [0.717, 1.165) is 0 Å². The molecule has 0 aromatic carbocycles. The highest BCUT2D eigenvalue weighted by atomic mass is 79.9. The smallest absolute Gasteiger partial charge is 0.354 e. The Labute approximate surface area is 222 Å². The standard InChI is InChI=1S/C12H15NO5.C6H4BrNO2.C6H12O3/c1-12(2)17-7-8(18-12)6-16-10-5-3-4-9(13-10)11(14)15;7-5-3-1-2-4(8-5)6(9)10;1-6(2)8-4-5(3-7)9-6/h3-5,8H,6-7H2,1-2H3,(H,14,15);1-3H,(H,9,10);5,7H,3-4H2,1-2H3. The summed E-state index contributed by atoms with van der Waals surface area (Å²) in [4.78, 5) is 28.5. The fourth-order valence-electron chi connectivity index (χ4n) is 3.02. The van der Waals surface area contributed by atoms with Crippen molar-refractivity contribution in [2.75, 3.05) is 26.4 Å². The minimum absolute atomic E-state index is 0.0450. The Kier molecular flexibility index (Phi) is 11.3. The lowest BCUT2D eigenvalue weighted by Crippen LogP contribution is -2.25. The van der Waals surface area contributed by atoms with Crippen LogP contribution in [0.5, 0.6) is 5.88 Å². The molecule has 2 aromatic rings. The first-order valence-electron chi connectivity index (χ1n) is 11.2. The molecule has 2 saturated heterocycles. The first-order chi connectivity index (χ1) is 17.3. The summed E-state index contributed by atoms with van der Waals surface area (Å²) in [5.74, 6) is -2.91. The van der Waals surface area contributed by atoms with Crippen LogP contribution in [0.3, 0.4) is 0 Å². The van der Waals surface area contributed by atoms with Crippen LogP contribution in [0.25, 0.3) is 0 Å². The van der Waals surface area contributed by atoms with Gasteiger partial charge in [0.2, 0.25) is 5.88 Å². The van der Waals surface area contributed by atoms with Crippen molar-refractivity contribution in [1.82, 2.24) is 9.97 Å². The van der Waals surface area contributed by atoms with Crippen molar-refractivity contribution >= 4 is 27.9 Å². The molecule has 4 rings (SSSR count). The number of halogens is 1. The molecule has 37 heavy (non-hydrogen) atoms. The van der Waals surface area contributed by atoms with E-state index in [2.05, 4.69) is 25.9 Å². The predicted molar refractivity (Wildman–Crippen MR) is 132 cm³/mol. The van der Waals surface area contributed by atoms with Gasteiger partial charge in [-0.2, -0.15) is 0 Å². The number of hydrogen-bond donors (Lipinski definition) is 3. The summed E-state index contributed by atoms with van der Waals surface area (Å²) in [5, 5.41) is 25.8. The molecule has 2 unspecified atom stereocenters. The van der Waals surface area contributed by atoms with Gasteiger partial charge in [0, 0.05) is 6.07 Å². The molecular weight excluding hydrogens is 556 g/mol. The zero-order valence-corrected chi connectivity index (χ0v) is 22.5. The number of ether oxygens (including phenoxy) is 5. The Morgan fingerprint density at radius 2 is 1.43 bits per heavy atom. The second kappa shape index (κ2) is 13.7. The van der Waals surface area contributed by atoms with E-state index in [1.165, 1.54) is 12.1 Å². The lowest BCUT2D eigenvalue weighted by molar-refractivity contribution is -0.142. The van der Waals surface area contributed by atoms with Gasteiger partial charge in [-0.3, -0.25) is 0 Å². The van der Waals surface area contributed by atoms with E-state index in [-0.39, 0.29) is 42.7 Å². The fraction of sp³-hybridized carbons (Fsp3) is 0.500. The van der Waals surface area contributed by atoms with E-state index in [9.17, 15) is 9.59 Å². The van der Waals surface area contributed by atoms with Crippen molar-refractivity contribution in [3.8, 4) is 5.88 Å². The number of rotatable bonds is 6. The zero-order chi connectivity index (χ0) is 27.6. The van der Waals surface area contributed by atoms with Gasteiger partial charge in [0.05, 0.1) is 19.8 Å². The number of aliphatic hydroxyl groups is 1. The van der Waals surface area contributed by atoms with Crippen molar-refractivity contribution in [3.63, 3.8) is 0 Å². The molecule has 2 aliphatic heterocycles. The average molecular weight is 587 g/mol. The Morgan fingerprint density at radius 3 is 1.84 bits per heavy atom. The number of hydrogen-bond acceptors (Lipinski definition) is 10. The van der Waals surface area contributed by atoms with Gasteiger partial charge in [-0.05, 0) is 61.8 Å². The van der Waals surface area contributed by atoms with Crippen molar-refractivity contribution in [3.05, 3.63) is 52.4 Å². The first kappa shape index (κ1) is 30.5. The molecule has 0 radical (unpaired) electrons. The topological polar surface area (TPSA) is 167 Å². The molecule has 0 saturated carbocycles. The van der Waals surface area contributed by atoms with Crippen LogP contribution in [0.1, 0.15) is 48.7 Å². The van der Waals surface area contributed by atoms with Gasteiger partial charge in [0.25, 0.3) is 0 Å². The summed E-state index contributed by atoms with van der Waals surface area (Å²) in [6.07, 6.45) is -0.296. The molecule has 2 aromatic heterocycles. The highest BCUT2D eigenvalue weighted by molar-refractivity contribution is 9.10. The van der Waals surface area contributed by atoms with Crippen LogP contribution in [-0.4, -0.2) is 87.4 Å². The molecule has 0 aliphatic carbocycles. The minimum Gasteiger partial charge on any atom is -0.477 e. The summed E-state index contributed by atoms with van der Waals surface area (Å²) in [7, 11) is 0. The fourth-order valence-corrected chi connectivity index (χ4v) is 3.36. The van der Waals surface area contributed by atoms with Crippen LogP contribution >= 0.6 is 15.9 Å². The van der Waals surface area contributed by atoms with Crippen LogP contribution in [0.4, 0.5) is 0 Å². The van der Waals surface area contributed by atoms with Gasteiger partial charge in [-0.15, -0.1) is 0 Å². The number of aromatic carboxylic acids is 2. The third-order valence-electron chi connectivity index (χ3n) is 4.63. The first-order valence-corrected chi connectivity index (χ1v) is 12.0. The molecule has 204 valence electrons. The monoisotopic (exact) mass is 586 g/mol. The number of aromatic nitrogens is 2. The minimum atomic E-state index is -1.08. The molecule has 0 amide bonds. The van der Waals surface area contributed by atoms with Gasteiger partial charge in [-0.25, -0.2) is 19.6 Å². The van der Waals surface area contributed by atoms with Gasteiger partial charge < -0.3 is 39.0 Å². The van der Waals surface area contributed by atoms with Crippen molar-refractivity contribution in [1.29, 1.82) is 0 Å². The molecule has 2 fully saturated rings.